The Morgan fingerprint density at radius 3 is 1.56 bits per heavy atom. The Morgan fingerprint density at radius 1 is 0.396 bits per heavy atom. The summed E-state index contributed by atoms with van der Waals surface area (Å²) in [6.45, 7) is 0. The number of hydrogen-bond acceptors (Lipinski definition) is 0. The van der Waals surface area contributed by atoms with Gasteiger partial charge in [0.1, 0.15) is 78.5 Å². The van der Waals surface area contributed by atoms with E-state index >= 15 is 0 Å². The average molecular weight is 583 g/mol. The van der Waals surface area contributed by atoms with Crippen LogP contribution in [0.5, 0.6) is 0 Å². The van der Waals surface area contributed by atoms with Crippen LogP contribution >= 0.6 is 0 Å². The summed E-state index contributed by atoms with van der Waals surface area (Å²) < 4.78 is 2.17. The van der Waals surface area contributed by atoms with Crippen LogP contribution in [-0.4, -0.2) is 88.0 Å². The highest BCUT2D eigenvalue weighted by Crippen LogP contribution is 2.42. The van der Waals surface area contributed by atoms with Crippen LogP contribution < -0.4 is 54.6 Å². The van der Waals surface area contributed by atoms with Crippen LogP contribution in [0.1, 0.15) is 0 Å². The van der Waals surface area contributed by atoms with E-state index in [4.69, 9.17) is 78.5 Å². The molecule has 6 aromatic carbocycles. The van der Waals surface area contributed by atoms with Crippen LogP contribution in [0.3, 0.4) is 0 Å². The Balaban J connectivity index is 1.64. The summed E-state index contributed by atoms with van der Waals surface area (Å²) in [5, 5.41) is 4.22. The van der Waals surface area contributed by atoms with Gasteiger partial charge in [-0.2, -0.15) is 0 Å². The second-order valence-electron chi connectivity index (χ2n) is 12.0. The van der Waals surface area contributed by atoms with Gasteiger partial charge in [-0.3, -0.25) is 0 Å². The quantitative estimate of drug-likeness (QED) is 0.226. The molecule has 0 saturated carbocycles. The van der Waals surface area contributed by atoms with Crippen LogP contribution in [0.25, 0.3) is 71.6 Å². The zero-order chi connectivity index (χ0) is 33.8. The molecule has 0 spiro atoms. The van der Waals surface area contributed by atoms with Gasteiger partial charge in [-0.05, 0) is 34.9 Å². The number of nitrogens with zero attached hydrogens (tertiary/aromatic N) is 1. The molecule has 2 nitrogen and oxygen atoms in total. The van der Waals surface area contributed by atoms with Gasteiger partial charge in [0.25, 0.3) is 0 Å². The molecule has 20 radical (unpaired) electrons. The summed E-state index contributed by atoms with van der Waals surface area (Å²) in [6, 6.07) is 26.3. The van der Waals surface area contributed by atoms with E-state index in [1.807, 2.05) is 42.5 Å². The van der Waals surface area contributed by atoms with Crippen molar-refractivity contribution in [3.63, 3.8) is 0 Å². The fourth-order valence-electron chi connectivity index (χ4n) is 7.08. The smallest absolute Gasteiger partial charge is 0.113 e. The van der Waals surface area contributed by atoms with Crippen molar-refractivity contribution in [2.24, 2.45) is 0 Å². The first-order chi connectivity index (χ1) is 23.0. The molecule has 0 bridgehead atoms. The molecule has 0 saturated heterocycles. The maximum Gasteiger partial charge on any atom is 0.113 e. The van der Waals surface area contributed by atoms with Crippen LogP contribution in [-0.2, 0) is 0 Å². The van der Waals surface area contributed by atoms with E-state index in [1.165, 1.54) is 0 Å². The lowest BCUT2D eigenvalue weighted by Gasteiger charge is -2.28. The Morgan fingerprint density at radius 2 is 0.917 bits per heavy atom. The molecule has 8 rings (SSSR count). The highest BCUT2D eigenvalue weighted by atomic mass is 15.0. The van der Waals surface area contributed by atoms with Crippen molar-refractivity contribution in [3.8, 4) is 27.9 Å². The first-order valence-electron chi connectivity index (χ1n) is 15.1. The Labute approximate surface area is 291 Å². The van der Waals surface area contributed by atoms with E-state index in [2.05, 4.69) is 45.9 Å². The lowest BCUT2D eigenvalue weighted by molar-refractivity contribution is 1.19. The summed E-state index contributed by atoms with van der Waals surface area (Å²) in [5.41, 5.74) is 7.37. The third kappa shape index (κ3) is 4.14. The summed E-state index contributed by atoms with van der Waals surface area (Å²) in [6.07, 6.45) is 0. The van der Waals surface area contributed by atoms with E-state index in [-0.39, 0.29) is 54.6 Å². The summed E-state index contributed by atoms with van der Waals surface area (Å²) >= 11 is 0. The molecule has 1 N–H and O–H groups in total. The third-order valence-corrected chi connectivity index (χ3v) is 9.51. The molecule has 198 valence electrons. The first kappa shape index (κ1) is 30.9. The van der Waals surface area contributed by atoms with Gasteiger partial charge in [0.15, 0.2) is 0 Å². The largest absolute Gasteiger partial charge is 0.353 e. The molecule has 0 atom stereocenters. The summed E-state index contributed by atoms with van der Waals surface area (Å²) in [4.78, 5) is 3.67. The molecule has 0 aliphatic carbocycles. The second kappa shape index (κ2) is 11.1. The maximum atomic E-state index is 6.79. The monoisotopic (exact) mass is 584 g/mol. The zero-order valence-corrected chi connectivity index (χ0v) is 25.7. The minimum atomic E-state index is 0.0874. The van der Waals surface area contributed by atoms with Crippen LogP contribution in [0.2, 0.25) is 0 Å². The van der Waals surface area contributed by atoms with Gasteiger partial charge < -0.3 is 9.55 Å². The standard InChI is InChI=1S/C36H14B10N2/c37-25-23(26(38)30(42)33(45)29(25)41)18-8-5-11-21(22(18)24-27(39)31(43)34(46)32(44)28(24)40)48-20-10-4-2-7-15(20)17-13-12-16-14-6-1-3-9-19(14)47-35(16)36(17)48/h1-13,47H. The Kier molecular flexibility index (Phi) is 7.11. The number of fused-ring (bicyclic) bond motifs is 7. The number of hydrogen-bond donors (Lipinski definition) is 1. The lowest BCUT2D eigenvalue weighted by Crippen LogP contribution is -2.56. The average Bonchev–Trinajstić information content (AvgIpc) is 3.65. The number of rotatable bonds is 3. The van der Waals surface area contributed by atoms with Crippen molar-refractivity contribution in [1.29, 1.82) is 0 Å². The molecular formula is C36H14B10N2. The van der Waals surface area contributed by atoms with Gasteiger partial charge in [0, 0.05) is 32.6 Å². The molecular weight excluding hydrogens is 569 g/mol. The molecule has 48 heavy (non-hydrogen) atoms. The molecule has 0 amide bonds. The highest BCUT2D eigenvalue weighted by molar-refractivity contribution is 6.70. The van der Waals surface area contributed by atoms with Gasteiger partial charge in [0.05, 0.1) is 22.2 Å². The SMILES string of the molecule is [B]c1c([B])c([B])c(-c2cccc(-n3c4ccccc4c4ccc5c6ccccc6[nH]c5c43)c2-c2c([B])c([B])c([B])c([B])c2[B])c([B])c1[B]. The lowest BCUT2D eigenvalue weighted by atomic mass is 9.57. The van der Waals surface area contributed by atoms with Gasteiger partial charge in [-0.15, -0.1) is 32.8 Å². The van der Waals surface area contributed by atoms with Crippen LogP contribution in [0.15, 0.2) is 78.9 Å². The summed E-state index contributed by atoms with van der Waals surface area (Å²) in [7, 11) is 65.1. The summed E-state index contributed by atoms with van der Waals surface area (Å²) in [5.74, 6) is 0. The number of benzene rings is 6. The van der Waals surface area contributed by atoms with Gasteiger partial charge >= 0.3 is 0 Å². The van der Waals surface area contributed by atoms with Crippen molar-refractivity contribution >= 4 is 177 Å². The van der Waals surface area contributed by atoms with E-state index in [9.17, 15) is 0 Å². The van der Waals surface area contributed by atoms with E-state index in [0.717, 1.165) is 43.6 Å². The van der Waals surface area contributed by atoms with Crippen LogP contribution in [0.4, 0.5) is 0 Å². The Bertz CT molecular complexity index is 2630. The number of aromatic amines is 1. The molecule has 0 aliphatic rings. The normalized spacial score (nSPS) is 11.8. The third-order valence-electron chi connectivity index (χ3n) is 9.51. The predicted octanol–water partition coefficient (Wildman–Crippen LogP) is -2.31. The molecule has 2 heterocycles. The number of para-hydroxylation sites is 2. The molecule has 2 aromatic heterocycles. The molecule has 12 heteroatoms. The number of aromatic nitrogens is 2. The van der Waals surface area contributed by atoms with Gasteiger partial charge in [-0.1, -0.05) is 82.5 Å². The molecule has 8 aromatic rings. The van der Waals surface area contributed by atoms with Crippen molar-refractivity contribution in [1.82, 2.24) is 9.55 Å². The second-order valence-corrected chi connectivity index (χ2v) is 12.0. The van der Waals surface area contributed by atoms with E-state index in [1.54, 1.807) is 0 Å². The van der Waals surface area contributed by atoms with E-state index < -0.39 is 0 Å². The van der Waals surface area contributed by atoms with Crippen LogP contribution in [0, 0.1) is 0 Å². The highest BCUT2D eigenvalue weighted by Gasteiger charge is 2.25. The molecule has 0 unspecified atom stereocenters. The first-order valence-corrected chi connectivity index (χ1v) is 15.1. The fraction of sp³-hybridized carbons (Fsp3) is 0. The molecule has 0 aliphatic heterocycles. The minimum absolute atomic E-state index is 0.0874. The van der Waals surface area contributed by atoms with Crippen molar-refractivity contribution in [2.75, 3.05) is 0 Å². The van der Waals surface area contributed by atoms with Crippen molar-refractivity contribution in [3.05, 3.63) is 78.9 Å². The van der Waals surface area contributed by atoms with E-state index in [0.29, 0.717) is 27.9 Å². The fourth-order valence-corrected chi connectivity index (χ4v) is 7.08. The predicted molar refractivity (Wildman–Crippen MR) is 215 cm³/mol. The van der Waals surface area contributed by atoms with Gasteiger partial charge in [0.2, 0.25) is 0 Å². The number of nitrogens with one attached hydrogen (secondary N) is 1. The Hall–Kier alpha value is -4.43. The van der Waals surface area contributed by atoms with Crippen molar-refractivity contribution < 1.29 is 0 Å². The zero-order valence-electron chi connectivity index (χ0n) is 25.7. The molecule has 0 fully saturated rings. The van der Waals surface area contributed by atoms with Gasteiger partial charge in [-0.25, -0.2) is 0 Å². The minimum Gasteiger partial charge on any atom is -0.353 e. The van der Waals surface area contributed by atoms with Crippen molar-refractivity contribution in [2.45, 2.75) is 0 Å². The maximum absolute atomic E-state index is 6.79. The topological polar surface area (TPSA) is 20.7 Å². The number of H-pyrrole nitrogens is 1.